The van der Waals surface area contributed by atoms with Gasteiger partial charge in [-0.15, -0.1) is 0 Å². The Labute approximate surface area is 193 Å². The quantitative estimate of drug-likeness (QED) is 0.502. The van der Waals surface area contributed by atoms with Crippen LogP contribution in [0.5, 0.6) is 0 Å². The van der Waals surface area contributed by atoms with Gasteiger partial charge in [0.15, 0.2) is 15.7 Å². The third kappa shape index (κ3) is 6.48. The predicted octanol–water partition coefficient (Wildman–Crippen LogP) is 2.73. The van der Waals surface area contributed by atoms with Crippen LogP contribution in [0, 0.1) is 5.92 Å². The molecule has 174 valence electrons. The number of hydrogen-bond acceptors (Lipinski definition) is 7. The molecule has 1 aliphatic carbocycles. The summed E-state index contributed by atoms with van der Waals surface area (Å²) < 4.78 is 23.8. The van der Waals surface area contributed by atoms with Crippen LogP contribution in [0.4, 0.5) is 5.82 Å². The Morgan fingerprint density at radius 3 is 2.53 bits per heavy atom. The molecular formula is C22H28ClN3O5S. The molecule has 0 spiro atoms. The molecule has 10 heteroatoms. The lowest BCUT2D eigenvalue weighted by Gasteiger charge is -2.21. The number of sulfone groups is 1. The van der Waals surface area contributed by atoms with Gasteiger partial charge in [0.25, 0.3) is 0 Å². The maximum absolute atomic E-state index is 13.2. The second kappa shape index (κ2) is 10.7. The molecule has 0 radical (unpaired) electrons. The highest BCUT2D eigenvalue weighted by molar-refractivity contribution is 7.90. The van der Waals surface area contributed by atoms with E-state index in [0.29, 0.717) is 23.6 Å². The number of aliphatic hydroxyl groups excluding tert-OH is 2. The maximum atomic E-state index is 13.2. The third-order valence-electron chi connectivity index (χ3n) is 5.73. The Bertz CT molecular complexity index is 1040. The molecule has 0 unspecified atom stereocenters. The third-order valence-corrected chi connectivity index (χ3v) is 7.31. The summed E-state index contributed by atoms with van der Waals surface area (Å²) in [5.41, 5.74) is 1.15. The molecule has 1 aliphatic rings. The van der Waals surface area contributed by atoms with Crippen LogP contribution in [0.3, 0.4) is 0 Å². The summed E-state index contributed by atoms with van der Waals surface area (Å²) in [7, 11) is -3.47. The Morgan fingerprint density at radius 1 is 1.25 bits per heavy atom. The van der Waals surface area contributed by atoms with E-state index >= 15 is 0 Å². The number of amides is 1. The van der Waals surface area contributed by atoms with Crippen molar-refractivity contribution < 1.29 is 23.4 Å². The zero-order chi connectivity index (χ0) is 23.3. The molecule has 0 aliphatic heterocycles. The molecule has 1 aromatic heterocycles. The van der Waals surface area contributed by atoms with Gasteiger partial charge in [0, 0.05) is 12.7 Å². The highest BCUT2D eigenvalue weighted by Crippen LogP contribution is 2.36. The van der Waals surface area contributed by atoms with E-state index < -0.39 is 21.9 Å². The van der Waals surface area contributed by atoms with Gasteiger partial charge < -0.3 is 15.5 Å². The fraction of sp³-hybridized carbons (Fsp3) is 0.500. The molecule has 2 atom stereocenters. The van der Waals surface area contributed by atoms with Gasteiger partial charge in [0.05, 0.1) is 46.6 Å². The number of nitrogens with zero attached hydrogens (tertiary/aromatic N) is 2. The molecule has 1 fully saturated rings. The lowest BCUT2D eigenvalue weighted by atomic mass is 9.87. The number of benzene rings is 1. The Hall–Kier alpha value is -2.07. The van der Waals surface area contributed by atoms with Gasteiger partial charge in [-0.2, -0.15) is 0 Å². The largest absolute Gasteiger partial charge is 0.394 e. The fourth-order valence-corrected chi connectivity index (χ4v) is 5.39. The molecule has 1 heterocycles. The van der Waals surface area contributed by atoms with Crippen molar-refractivity contribution in [3.05, 3.63) is 46.9 Å². The van der Waals surface area contributed by atoms with E-state index in [1.54, 1.807) is 12.1 Å². The van der Waals surface area contributed by atoms with Gasteiger partial charge in [-0.1, -0.05) is 43.4 Å². The van der Waals surface area contributed by atoms with Gasteiger partial charge in [-0.25, -0.2) is 13.4 Å². The number of rotatable bonds is 9. The van der Waals surface area contributed by atoms with Gasteiger partial charge in [0.1, 0.15) is 0 Å². The lowest BCUT2D eigenvalue weighted by molar-refractivity contribution is -0.118. The maximum Gasteiger partial charge on any atom is 0.233 e. The van der Waals surface area contributed by atoms with Crippen LogP contribution in [0.2, 0.25) is 5.02 Å². The van der Waals surface area contributed by atoms with E-state index in [4.69, 9.17) is 16.7 Å². The number of nitrogens with one attached hydrogen (secondary N) is 1. The summed E-state index contributed by atoms with van der Waals surface area (Å²) >= 11 is 6.24. The monoisotopic (exact) mass is 481 g/mol. The Balaban J connectivity index is 1.80. The van der Waals surface area contributed by atoms with Gasteiger partial charge >= 0.3 is 0 Å². The van der Waals surface area contributed by atoms with Gasteiger partial charge in [-0.3, -0.25) is 9.78 Å². The van der Waals surface area contributed by atoms with Gasteiger partial charge in [0.2, 0.25) is 5.91 Å². The minimum atomic E-state index is -3.47. The summed E-state index contributed by atoms with van der Waals surface area (Å²) in [5.74, 6) is -0.0977. The smallest absolute Gasteiger partial charge is 0.233 e. The summed E-state index contributed by atoms with van der Waals surface area (Å²) in [4.78, 5) is 21.6. The minimum Gasteiger partial charge on any atom is -0.394 e. The van der Waals surface area contributed by atoms with Crippen molar-refractivity contribution in [2.45, 2.75) is 55.4 Å². The first-order valence-corrected chi connectivity index (χ1v) is 12.8. The first kappa shape index (κ1) is 24.6. The average Bonchev–Trinajstić information content (AvgIpc) is 3.25. The van der Waals surface area contributed by atoms with Crippen LogP contribution >= 0.6 is 11.6 Å². The fourth-order valence-electron chi connectivity index (χ4n) is 4.05. The zero-order valence-electron chi connectivity index (χ0n) is 17.9. The molecule has 3 N–H and O–H groups in total. The first-order chi connectivity index (χ1) is 15.2. The highest BCUT2D eigenvalue weighted by Gasteiger charge is 2.28. The van der Waals surface area contributed by atoms with Crippen molar-refractivity contribution in [3.63, 3.8) is 0 Å². The normalized spacial score (nSPS) is 16.6. The Kier molecular flexibility index (Phi) is 8.21. The van der Waals surface area contributed by atoms with Crippen LogP contribution in [-0.4, -0.2) is 53.5 Å². The summed E-state index contributed by atoms with van der Waals surface area (Å²) in [6, 6.07) is 4.65. The SMILES string of the molecule is CS(=O)(=O)c1ccc([C@@H](CC2CCCC2)C(=O)Nc2cnc(C[C@H](O)CO)cn2)cc1Cl. The van der Waals surface area contributed by atoms with Crippen molar-refractivity contribution >= 4 is 33.2 Å². The van der Waals surface area contributed by atoms with E-state index in [-0.39, 0.29) is 34.7 Å². The lowest BCUT2D eigenvalue weighted by Crippen LogP contribution is -2.24. The van der Waals surface area contributed by atoms with Crippen LogP contribution in [0.25, 0.3) is 0 Å². The molecule has 2 aromatic rings. The van der Waals surface area contributed by atoms with E-state index in [1.165, 1.54) is 18.5 Å². The van der Waals surface area contributed by atoms with Crippen LogP contribution < -0.4 is 5.32 Å². The van der Waals surface area contributed by atoms with Crippen LogP contribution in [0.1, 0.15) is 49.3 Å². The standard InChI is InChI=1S/C22H28ClN3O5S/c1-32(30,31)20-7-6-15(9-19(20)23)18(8-14-4-2-3-5-14)22(29)26-21-12-24-16(11-25-21)10-17(28)13-27/h6-7,9,11-12,14,17-18,27-28H,2-5,8,10,13H2,1H3,(H,25,26,29)/t17-,18+/m0/s1. The molecule has 1 amide bonds. The Morgan fingerprint density at radius 2 is 1.97 bits per heavy atom. The van der Waals surface area contributed by atoms with E-state index in [9.17, 15) is 18.3 Å². The number of halogens is 1. The number of hydrogen-bond donors (Lipinski definition) is 3. The van der Waals surface area contributed by atoms with Crippen molar-refractivity contribution in [1.82, 2.24) is 9.97 Å². The van der Waals surface area contributed by atoms with E-state index in [2.05, 4.69) is 15.3 Å². The minimum absolute atomic E-state index is 0.0365. The molecule has 3 rings (SSSR count). The summed E-state index contributed by atoms with van der Waals surface area (Å²) in [5, 5.41) is 21.3. The molecular weight excluding hydrogens is 454 g/mol. The van der Waals surface area contributed by atoms with Crippen LogP contribution in [-0.2, 0) is 21.1 Å². The van der Waals surface area contributed by atoms with Gasteiger partial charge in [-0.05, 0) is 30.0 Å². The number of aliphatic hydroxyl groups is 2. The number of carbonyl (C=O) groups excluding carboxylic acids is 1. The zero-order valence-corrected chi connectivity index (χ0v) is 19.4. The van der Waals surface area contributed by atoms with E-state index in [0.717, 1.165) is 31.9 Å². The van der Waals surface area contributed by atoms with Crippen molar-refractivity contribution in [1.29, 1.82) is 0 Å². The number of aromatic nitrogens is 2. The second-order valence-corrected chi connectivity index (χ2v) is 10.7. The van der Waals surface area contributed by atoms with Crippen molar-refractivity contribution in [2.75, 3.05) is 18.2 Å². The molecule has 32 heavy (non-hydrogen) atoms. The summed E-state index contributed by atoms with van der Waals surface area (Å²) in [6.07, 6.45) is 8.21. The van der Waals surface area contributed by atoms with E-state index in [1.807, 2.05) is 0 Å². The molecule has 8 nitrogen and oxygen atoms in total. The predicted molar refractivity (Wildman–Crippen MR) is 121 cm³/mol. The highest BCUT2D eigenvalue weighted by atomic mass is 35.5. The molecule has 0 saturated heterocycles. The average molecular weight is 482 g/mol. The molecule has 0 bridgehead atoms. The topological polar surface area (TPSA) is 129 Å². The summed E-state index contributed by atoms with van der Waals surface area (Å²) in [6.45, 7) is -0.371. The van der Waals surface area contributed by atoms with Crippen LogP contribution in [0.15, 0.2) is 35.5 Å². The molecule has 1 aromatic carbocycles. The van der Waals surface area contributed by atoms with Crippen molar-refractivity contribution in [2.24, 2.45) is 5.92 Å². The second-order valence-electron chi connectivity index (χ2n) is 8.32. The number of carbonyl (C=O) groups is 1. The molecule has 1 saturated carbocycles. The number of anilines is 1. The first-order valence-electron chi connectivity index (χ1n) is 10.6. The van der Waals surface area contributed by atoms with Crippen molar-refractivity contribution in [3.8, 4) is 0 Å².